The van der Waals surface area contributed by atoms with Gasteiger partial charge in [0.25, 0.3) is 22.2 Å². The summed E-state index contributed by atoms with van der Waals surface area (Å²) in [5, 5.41) is 31.8. The van der Waals surface area contributed by atoms with Crippen molar-refractivity contribution in [3.05, 3.63) is 346 Å². The number of rotatable bonds is 34. The number of Topliss-reactive ketones (excluding diaryl/α,β-unsaturated/α-hetero) is 2. The van der Waals surface area contributed by atoms with Crippen molar-refractivity contribution >= 4 is 86.4 Å². The Morgan fingerprint density at radius 3 is 1.47 bits per heavy atom. The molecule has 1 fully saturated rings. The molecule has 8 atom stereocenters. The lowest BCUT2D eigenvalue weighted by atomic mass is 9.93. The number of para-hydroxylation sites is 3. The number of hydrogen-bond donors (Lipinski definition) is 6. The van der Waals surface area contributed by atoms with Crippen LogP contribution in [0.2, 0.25) is 5.02 Å². The zero-order valence-electron chi connectivity index (χ0n) is 82.4. The standard InChI is InChI=1S/C30H38N4O3.C29H34FN3O3.C27H30ClN3O4.C26H23N3O4/c1-20(2)15-28(34-19-31-26-13-6-5-12-25(26)30(34)37)29(36)32-27(16-22(4)35)23-10-7-11-24(17-23)33-14-8-9-21(3)18-33;1-17(2)9-26(33-8-7-18(3)10-27(33)35)29(36)32-25(13-21(6)34)22-14-23(16-31-15-22)28-19(4)11-24(30)12-20(28)5;1-16(2)10-23(31-9-8-17(3)11-24(31)32)27(35)30-22(13-25(33)34)19-12-20(15-29-14-19)26-18(4)6-5-7-21(26)28;1-17-7-2-3-10-20(17)18-8-6-9-19(13-18)22(14-26(32)33)28-24(30)16-29-23-12-5-4-11-21(23)27-15-25(29)31/h5-7,10-13,17,19-21,27-28H,8-9,14-16,18H2,1-4H3,(H,32,36);7-8,10-12,14-17,25-26H,9,13H2,1-6H3,(H,32,36);5-9,11-12,14-16,22-23H,10,13H2,1-4H3,(H,30,35)(H,33,34);2-13,15,22H,14,16H2,1H3,(H,28,30)(H,32,33)/t21-,27-,28-;25-,26+;22-,23+;22-/m0000/s1. The summed E-state index contributed by atoms with van der Waals surface area (Å²) in [6.07, 6.45) is 15.8. The number of aryl methyl sites for hydroxylation is 6. The predicted molar refractivity (Wildman–Crippen MR) is 549 cm³/mol. The number of aromatic nitrogens is 8. The molecule has 0 aliphatic carbocycles. The zero-order valence-corrected chi connectivity index (χ0v) is 83.2. The van der Waals surface area contributed by atoms with Crippen LogP contribution in [0, 0.1) is 71.0 Å². The SMILES string of the molecule is CC(=O)C[C@H](NC(=O)[C@@H](CC(C)C)n1ccc(C)cc1=O)c1cncc(-c2c(C)cc(F)cc2C)c1.CC(=O)C[C@H](NC(=O)[C@H](CC(C)C)n1cnc2ccccc2c1=O)c1cccc(N2CCC[C@H](C)C2)c1.Cc1ccccc1-c1cccc([C@H](CC(=O)O)NC(=O)Cn2c(=O)cnc3ccccc32)c1.Cc1ccn([C@H](CC(C)C)C(=O)N[C@@H](CC(=O)O)c2cncc(-c3c(C)cccc3Cl)c2)c(=O)c1. The van der Waals surface area contributed by atoms with Gasteiger partial charge in [-0.3, -0.25) is 76.6 Å². The number of carbonyl (C=O) groups excluding carboxylic acids is 6. The van der Waals surface area contributed by atoms with E-state index < -0.39 is 71.6 Å². The van der Waals surface area contributed by atoms with Crippen LogP contribution in [-0.4, -0.2) is 109 Å². The van der Waals surface area contributed by atoms with Crippen molar-refractivity contribution < 1.29 is 53.0 Å². The van der Waals surface area contributed by atoms with E-state index in [0.29, 0.717) is 68.8 Å². The van der Waals surface area contributed by atoms with E-state index in [4.69, 9.17) is 11.6 Å². The second-order valence-electron chi connectivity index (χ2n) is 37.9. The van der Waals surface area contributed by atoms with Crippen LogP contribution in [0.25, 0.3) is 55.3 Å². The van der Waals surface area contributed by atoms with E-state index in [1.807, 2.05) is 162 Å². The zero-order chi connectivity index (χ0) is 102. The van der Waals surface area contributed by atoms with Crippen LogP contribution in [0.1, 0.15) is 218 Å². The molecule has 141 heavy (non-hydrogen) atoms. The van der Waals surface area contributed by atoms with Gasteiger partial charge in [-0.1, -0.05) is 151 Å². The minimum Gasteiger partial charge on any atom is -0.481 e. The lowest BCUT2D eigenvalue weighted by molar-refractivity contribution is -0.139. The van der Waals surface area contributed by atoms with Gasteiger partial charge in [-0.05, 0) is 268 Å². The van der Waals surface area contributed by atoms with Crippen LogP contribution in [0.5, 0.6) is 0 Å². The molecule has 6 N–H and O–H groups in total. The largest absolute Gasteiger partial charge is 0.481 e. The maximum absolute atomic E-state index is 13.9. The molecule has 14 rings (SSSR count). The Hall–Kier alpha value is -14.8. The number of benzene rings is 7. The van der Waals surface area contributed by atoms with Gasteiger partial charge in [0.1, 0.15) is 42.1 Å². The summed E-state index contributed by atoms with van der Waals surface area (Å²) in [5.74, 6) is -2.90. The summed E-state index contributed by atoms with van der Waals surface area (Å²) in [6.45, 7) is 30.3. The van der Waals surface area contributed by atoms with Gasteiger partial charge in [0.2, 0.25) is 23.6 Å². The van der Waals surface area contributed by atoms with E-state index >= 15 is 0 Å². The first-order valence-corrected chi connectivity index (χ1v) is 47.9. The number of carbonyl (C=O) groups is 8. The minimum absolute atomic E-state index is 0.00718. The molecular weight excluding hydrogens is 1810 g/mol. The van der Waals surface area contributed by atoms with Gasteiger partial charge in [-0.25, -0.2) is 14.4 Å². The molecular formula is C112H125ClFN13O14. The Labute approximate surface area is 825 Å². The normalized spacial score (nSPS) is 13.8. The number of aliphatic carboxylic acids is 2. The smallest absolute Gasteiger partial charge is 0.305 e. The minimum atomic E-state index is -1.07. The molecule has 0 saturated carbocycles. The summed E-state index contributed by atoms with van der Waals surface area (Å²) < 4.78 is 19.5. The average molecular weight is 1930 g/mol. The summed E-state index contributed by atoms with van der Waals surface area (Å²) in [6, 6.07) is 51.6. The Morgan fingerprint density at radius 1 is 0.461 bits per heavy atom. The molecule has 1 aliphatic heterocycles. The van der Waals surface area contributed by atoms with Gasteiger partial charge in [-0.15, -0.1) is 0 Å². The predicted octanol–water partition coefficient (Wildman–Crippen LogP) is 19.3. The van der Waals surface area contributed by atoms with E-state index in [1.54, 1.807) is 117 Å². The third-order valence-corrected chi connectivity index (χ3v) is 25.0. The number of nitrogens with one attached hydrogen (secondary N) is 4. The van der Waals surface area contributed by atoms with Gasteiger partial charge in [0.05, 0.1) is 71.5 Å². The molecule has 0 spiro atoms. The van der Waals surface area contributed by atoms with Crippen LogP contribution >= 0.6 is 11.6 Å². The number of nitrogens with zero attached hydrogens (tertiary/aromatic N) is 9. The summed E-state index contributed by atoms with van der Waals surface area (Å²) in [5.41, 5.74) is 14.8. The molecule has 1 saturated heterocycles. The van der Waals surface area contributed by atoms with E-state index in [2.05, 4.69) is 65.2 Å². The molecule has 7 aromatic carbocycles. The number of halogens is 2. The lowest BCUT2D eigenvalue weighted by Crippen LogP contribution is -2.40. The number of carboxylic acids is 2. The third kappa shape index (κ3) is 29.4. The fourth-order valence-electron chi connectivity index (χ4n) is 17.9. The summed E-state index contributed by atoms with van der Waals surface area (Å²) >= 11 is 6.42. The van der Waals surface area contributed by atoms with Crippen molar-refractivity contribution in [3.8, 4) is 33.4 Å². The van der Waals surface area contributed by atoms with Crippen molar-refractivity contribution in [2.24, 2.45) is 23.7 Å². The quantitative estimate of drug-likeness (QED) is 0.0218. The third-order valence-electron chi connectivity index (χ3n) is 24.6. The van der Waals surface area contributed by atoms with Gasteiger partial charge in [0.15, 0.2) is 0 Å². The number of piperidine rings is 1. The lowest BCUT2D eigenvalue weighted by Gasteiger charge is -2.33. The van der Waals surface area contributed by atoms with Crippen LogP contribution in [-0.2, 0) is 44.9 Å². The van der Waals surface area contributed by atoms with Crippen LogP contribution < -0.4 is 48.4 Å². The number of anilines is 1. The second kappa shape index (κ2) is 49.7. The highest BCUT2D eigenvalue weighted by Gasteiger charge is 2.33. The number of ketones is 2. The van der Waals surface area contributed by atoms with E-state index in [1.165, 1.54) is 68.4 Å². The van der Waals surface area contributed by atoms with Crippen LogP contribution in [0.15, 0.2) is 257 Å². The van der Waals surface area contributed by atoms with Crippen LogP contribution in [0.4, 0.5) is 10.1 Å². The topological polar surface area (TPSA) is 368 Å². The molecule has 736 valence electrons. The molecule has 13 aromatic rings. The first kappa shape index (κ1) is 107. The van der Waals surface area contributed by atoms with Gasteiger partial charge >= 0.3 is 11.9 Å². The molecule has 6 aromatic heterocycles. The molecule has 0 unspecified atom stereocenters. The Balaban J connectivity index is 0.000000180. The Kier molecular flexibility index (Phi) is 37.6. The van der Waals surface area contributed by atoms with Crippen molar-refractivity contribution in [2.75, 3.05) is 18.0 Å². The number of carboxylic acid groups (broad SMARTS) is 2. The molecule has 4 amide bonds. The number of pyridine rings is 4. The van der Waals surface area contributed by atoms with E-state index in [-0.39, 0.29) is 95.9 Å². The molecule has 1 aliphatic rings. The van der Waals surface area contributed by atoms with Crippen molar-refractivity contribution in [3.63, 3.8) is 0 Å². The highest BCUT2D eigenvalue weighted by molar-refractivity contribution is 6.33. The van der Waals surface area contributed by atoms with Crippen molar-refractivity contribution in [1.29, 1.82) is 0 Å². The Bertz CT molecular complexity index is 6920. The Morgan fingerprint density at radius 2 is 0.936 bits per heavy atom. The fourth-order valence-corrected chi connectivity index (χ4v) is 18.2. The highest BCUT2D eigenvalue weighted by Crippen LogP contribution is 2.37. The number of fused-ring (bicyclic) bond motifs is 2. The van der Waals surface area contributed by atoms with E-state index in [0.717, 1.165) is 97.5 Å². The van der Waals surface area contributed by atoms with E-state index in [9.17, 15) is 72.1 Å². The van der Waals surface area contributed by atoms with Crippen molar-refractivity contribution in [2.45, 2.75) is 210 Å². The monoisotopic (exact) mass is 1930 g/mol. The van der Waals surface area contributed by atoms with Crippen molar-refractivity contribution in [1.82, 2.24) is 59.5 Å². The summed E-state index contributed by atoms with van der Waals surface area (Å²) in [4.78, 5) is 172. The molecule has 0 radical (unpaired) electrons. The fraction of sp³-hybridized carbons (Fsp3) is 0.339. The second-order valence-corrected chi connectivity index (χ2v) is 38.3. The summed E-state index contributed by atoms with van der Waals surface area (Å²) in [7, 11) is 0. The maximum atomic E-state index is 13.9. The van der Waals surface area contributed by atoms with Gasteiger partial charge in [0, 0.05) is 103 Å². The van der Waals surface area contributed by atoms with Gasteiger partial charge in [-0.2, -0.15) is 0 Å². The number of hydrogen-bond acceptors (Lipinski definition) is 17. The maximum Gasteiger partial charge on any atom is 0.305 e. The number of amides is 4. The molecule has 0 bridgehead atoms. The molecule has 7 heterocycles. The highest BCUT2D eigenvalue weighted by atomic mass is 35.5. The van der Waals surface area contributed by atoms with Gasteiger partial charge < -0.3 is 45.5 Å². The molecule has 27 nitrogen and oxygen atoms in total. The van der Waals surface area contributed by atoms with Crippen LogP contribution in [0.3, 0.4) is 0 Å². The molecule has 29 heteroatoms. The first-order valence-electron chi connectivity index (χ1n) is 47.5. The average Bonchev–Trinajstić information content (AvgIpc) is 0.749. The first-order chi connectivity index (χ1) is 67.2.